The highest BCUT2D eigenvalue weighted by Crippen LogP contribution is 2.33. The molecule has 3 heterocycles. The molecule has 8 heteroatoms. The number of hydrogen-bond acceptors (Lipinski definition) is 5. The van der Waals surface area contributed by atoms with Crippen molar-refractivity contribution in [1.82, 2.24) is 9.21 Å². The van der Waals surface area contributed by atoms with Crippen LogP contribution in [0.25, 0.3) is 0 Å². The van der Waals surface area contributed by atoms with Gasteiger partial charge in [-0.1, -0.05) is 6.07 Å². The molecule has 1 saturated heterocycles. The summed E-state index contributed by atoms with van der Waals surface area (Å²) >= 11 is 1.23. The summed E-state index contributed by atoms with van der Waals surface area (Å²) in [6.07, 6.45) is 4.85. The first kappa shape index (κ1) is 17.8. The number of nitrogens with zero attached hydrogens (tertiary/aromatic N) is 2. The highest BCUT2D eigenvalue weighted by Gasteiger charge is 2.39. The van der Waals surface area contributed by atoms with Gasteiger partial charge in [0, 0.05) is 25.0 Å². The van der Waals surface area contributed by atoms with E-state index < -0.39 is 10.0 Å². The van der Waals surface area contributed by atoms with Gasteiger partial charge < -0.3 is 9.32 Å². The molecule has 140 valence electrons. The Morgan fingerprint density at radius 1 is 1.19 bits per heavy atom. The molecule has 2 aromatic heterocycles. The second-order valence-corrected chi connectivity index (χ2v) is 10.00. The van der Waals surface area contributed by atoms with Crippen LogP contribution in [-0.4, -0.2) is 42.7 Å². The zero-order valence-corrected chi connectivity index (χ0v) is 16.0. The number of carbonyl (C=O) groups is 1. The van der Waals surface area contributed by atoms with Crippen molar-refractivity contribution in [3.8, 4) is 0 Å². The van der Waals surface area contributed by atoms with Crippen LogP contribution in [0.1, 0.15) is 31.4 Å². The molecule has 2 fully saturated rings. The van der Waals surface area contributed by atoms with E-state index in [9.17, 15) is 13.2 Å². The van der Waals surface area contributed by atoms with Crippen LogP contribution in [0.4, 0.5) is 0 Å². The van der Waals surface area contributed by atoms with Gasteiger partial charge in [0.1, 0.15) is 9.97 Å². The van der Waals surface area contributed by atoms with Crippen molar-refractivity contribution in [1.29, 1.82) is 0 Å². The fourth-order valence-electron chi connectivity index (χ4n) is 3.46. The Bertz CT molecular complexity index is 834. The van der Waals surface area contributed by atoms with Gasteiger partial charge in [-0.15, -0.1) is 11.3 Å². The first-order chi connectivity index (χ1) is 12.6. The average Bonchev–Trinajstić information content (AvgIpc) is 3.13. The van der Waals surface area contributed by atoms with Gasteiger partial charge in [0.25, 0.3) is 10.0 Å². The van der Waals surface area contributed by atoms with Crippen LogP contribution in [0.5, 0.6) is 0 Å². The summed E-state index contributed by atoms with van der Waals surface area (Å²) in [5.74, 6) is 0.820. The van der Waals surface area contributed by atoms with Crippen LogP contribution in [0.3, 0.4) is 0 Å². The van der Waals surface area contributed by atoms with Gasteiger partial charge in [-0.2, -0.15) is 4.31 Å². The predicted octanol–water partition coefficient (Wildman–Crippen LogP) is 2.93. The summed E-state index contributed by atoms with van der Waals surface area (Å²) in [6.45, 7) is 1.30. The van der Waals surface area contributed by atoms with Gasteiger partial charge in [0.15, 0.2) is 0 Å². The third-order valence-corrected chi connectivity index (χ3v) is 8.34. The van der Waals surface area contributed by atoms with Gasteiger partial charge in [-0.3, -0.25) is 4.79 Å². The Balaban J connectivity index is 1.40. The largest absolute Gasteiger partial charge is 0.467 e. The Kier molecular flexibility index (Phi) is 4.90. The lowest BCUT2D eigenvalue weighted by Gasteiger charge is -2.33. The minimum absolute atomic E-state index is 0.111. The van der Waals surface area contributed by atoms with Crippen molar-refractivity contribution in [2.45, 2.75) is 42.5 Å². The van der Waals surface area contributed by atoms with E-state index in [1.165, 1.54) is 15.6 Å². The van der Waals surface area contributed by atoms with Gasteiger partial charge in [-0.25, -0.2) is 8.42 Å². The minimum Gasteiger partial charge on any atom is -0.467 e. The molecule has 1 saturated carbocycles. The van der Waals surface area contributed by atoms with Gasteiger partial charge in [0.05, 0.1) is 12.8 Å². The molecular weight excluding hydrogens is 372 g/mol. The predicted molar refractivity (Wildman–Crippen MR) is 98.1 cm³/mol. The maximum absolute atomic E-state index is 13.0. The molecule has 1 aliphatic heterocycles. The summed E-state index contributed by atoms with van der Waals surface area (Å²) in [5, 5.41) is 1.77. The fourth-order valence-corrected chi connectivity index (χ4v) is 6.07. The lowest BCUT2D eigenvalue weighted by molar-refractivity contribution is -0.138. The molecule has 0 aromatic carbocycles. The van der Waals surface area contributed by atoms with E-state index in [1.54, 1.807) is 23.8 Å². The van der Waals surface area contributed by atoms with Crippen molar-refractivity contribution in [3.05, 3.63) is 41.7 Å². The first-order valence-corrected chi connectivity index (χ1v) is 11.2. The van der Waals surface area contributed by atoms with Crippen molar-refractivity contribution in [2.24, 2.45) is 5.92 Å². The number of piperidine rings is 1. The van der Waals surface area contributed by atoms with E-state index in [2.05, 4.69) is 0 Å². The van der Waals surface area contributed by atoms with Crippen molar-refractivity contribution >= 4 is 27.3 Å². The first-order valence-electron chi connectivity index (χ1n) is 8.92. The SMILES string of the molecule is O=C(C1CCN(S(=O)(=O)c2cccs2)CC1)N(Cc1ccco1)C1CC1. The number of amides is 1. The van der Waals surface area contributed by atoms with E-state index >= 15 is 0 Å². The van der Waals surface area contributed by atoms with Gasteiger partial charge in [-0.05, 0) is 49.3 Å². The van der Waals surface area contributed by atoms with Crippen molar-refractivity contribution < 1.29 is 17.6 Å². The fraction of sp³-hybridized carbons (Fsp3) is 0.500. The lowest BCUT2D eigenvalue weighted by atomic mass is 9.96. The lowest BCUT2D eigenvalue weighted by Crippen LogP contribution is -2.44. The third kappa shape index (κ3) is 3.58. The quantitative estimate of drug-likeness (QED) is 0.755. The van der Waals surface area contributed by atoms with E-state index in [4.69, 9.17) is 4.42 Å². The number of thiophene rings is 1. The molecule has 4 rings (SSSR count). The van der Waals surface area contributed by atoms with Crippen LogP contribution < -0.4 is 0 Å². The zero-order chi connectivity index (χ0) is 18.1. The Labute approximate surface area is 157 Å². The summed E-state index contributed by atoms with van der Waals surface area (Å²) in [4.78, 5) is 14.9. The van der Waals surface area contributed by atoms with E-state index in [0.717, 1.165) is 18.6 Å². The topological polar surface area (TPSA) is 70.8 Å². The zero-order valence-electron chi connectivity index (χ0n) is 14.4. The second-order valence-electron chi connectivity index (χ2n) is 6.89. The molecule has 2 aliphatic rings. The average molecular weight is 395 g/mol. The summed E-state index contributed by atoms with van der Waals surface area (Å²) in [5.41, 5.74) is 0. The van der Waals surface area contributed by atoms with Crippen LogP contribution in [0.2, 0.25) is 0 Å². The molecule has 0 spiro atoms. The molecule has 0 atom stereocenters. The number of sulfonamides is 1. The van der Waals surface area contributed by atoms with Crippen LogP contribution in [0, 0.1) is 5.92 Å². The molecule has 0 radical (unpaired) electrons. The second kappa shape index (κ2) is 7.17. The Hall–Kier alpha value is -1.64. The highest BCUT2D eigenvalue weighted by molar-refractivity contribution is 7.91. The number of hydrogen-bond donors (Lipinski definition) is 0. The summed E-state index contributed by atoms with van der Waals surface area (Å²) < 4.78 is 32.5. The summed E-state index contributed by atoms with van der Waals surface area (Å²) in [6, 6.07) is 7.41. The Morgan fingerprint density at radius 3 is 2.54 bits per heavy atom. The normalized spacial score (nSPS) is 19.5. The standard InChI is InChI=1S/C18H22N2O4S2/c21-18(20(15-5-6-15)13-16-3-1-11-24-16)14-7-9-19(10-8-14)26(22,23)17-4-2-12-25-17/h1-4,11-12,14-15H,5-10,13H2. The summed E-state index contributed by atoms with van der Waals surface area (Å²) in [7, 11) is -3.42. The van der Waals surface area contributed by atoms with Gasteiger partial charge in [0.2, 0.25) is 5.91 Å². The number of rotatable bonds is 6. The molecule has 0 bridgehead atoms. The van der Waals surface area contributed by atoms with Crippen molar-refractivity contribution in [3.63, 3.8) is 0 Å². The van der Waals surface area contributed by atoms with E-state index in [0.29, 0.717) is 42.7 Å². The maximum atomic E-state index is 13.0. The van der Waals surface area contributed by atoms with Crippen LogP contribution in [-0.2, 0) is 21.4 Å². The molecule has 0 unspecified atom stereocenters. The number of furan rings is 1. The monoisotopic (exact) mass is 394 g/mol. The van der Waals surface area contributed by atoms with E-state index in [-0.39, 0.29) is 11.8 Å². The molecule has 0 N–H and O–H groups in total. The molecule has 1 aliphatic carbocycles. The molecule has 1 amide bonds. The van der Waals surface area contributed by atoms with Crippen molar-refractivity contribution in [2.75, 3.05) is 13.1 Å². The maximum Gasteiger partial charge on any atom is 0.252 e. The number of carbonyl (C=O) groups excluding carboxylic acids is 1. The molecule has 26 heavy (non-hydrogen) atoms. The Morgan fingerprint density at radius 2 is 1.96 bits per heavy atom. The van der Waals surface area contributed by atoms with Crippen LogP contribution in [0.15, 0.2) is 44.5 Å². The van der Waals surface area contributed by atoms with E-state index in [1.807, 2.05) is 17.0 Å². The molecular formula is C18H22N2O4S2. The minimum atomic E-state index is -3.42. The highest BCUT2D eigenvalue weighted by atomic mass is 32.2. The van der Waals surface area contributed by atoms with Crippen LogP contribution >= 0.6 is 11.3 Å². The molecule has 6 nitrogen and oxygen atoms in total. The van der Waals surface area contributed by atoms with Gasteiger partial charge >= 0.3 is 0 Å². The molecule has 2 aromatic rings. The smallest absolute Gasteiger partial charge is 0.252 e. The third-order valence-electron chi connectivity index (χ3n) is 5.07.